The van der Waals surface area contributed by atoms with Crippen LogP contribution in [0.4, 0.5) is 16.0 Å². The maximum atomic E-state index is 14.5. The van der Waals surface area contributed by atoms with Gasteiger partial charge in [-0.15, -0.1) is 0 Å². The lowest BCUT2D eigenvalue weighted by Crippen LogP contribution is -2.37. The summed E-state index contributed by atoms with van der Waals surface area (Å²) in [6.45, 7) is 7.06. The van der Waals surface area contributed by atoms with Gasteiger partial charge in [-0.2, -0.15) is 0 Å². The van der Waals surface area contributed by atoms with Gasteiger partial charge in [0.25, 0.3) is 0 Å². The summed E-state index contributed by atoms with van der Waals surface area (Å²) in [5.74, 6) is 0.373. The number of nitrogens with zero attached hydrogens (tertiary/aromatic N) is 2. The normalized spacial score (nSPS) is 22.5. The first-order chi connectivity index (χ1) is 15.8. The molecule has 0 unspecified atom stereocenters. The van der Waals surface area contributed by atoms with Crippen LogP contribution in [0.25, 0.3) is 11.3 Å². The number of anilines is 2. The molecule has 0 radical (unpaired) electrons. The number of rotatable bonds is 6. The van der Waals surface area contributed by atoms with E-state index in [0.717, 1.165) is 32.2 Å². The Morgan fingerprint density at radius 2 is 2.21 bits per heavy atom. The van der Waals surface area contributed by atoms with Crippen molar-refractivity contribution in [2.24, 2.45) is 11.8 Å². The van der Waals surface area contributed by atoms with Crippen LogP contribution < -0.4 is 16.0 Å². The molecule has 3 N–H and O–H groups in total. The zero-order valence-corrected chi connectivity index (χ0v) is 19.8. The molecule has 7 nitrogen and oxygen atoms in total. The molecular weight excluding hydrogens is 445 g/mol. The number of pyridine rings is 2. The van der Waals surface area contributed by atoms with Crippen LogP contribution in [0, 0.1) is 17.7 Å². The Morgan fingerprint density at radius 1 is 1.36 bits per heavy atom. The number of hydrogen-bond acceptors (Lipinski definition) is 6. The summed E-state index contributed by atoms with van der Waals surface area (Å²) >= 11 is 6.39. The molecule has 178 valence electrons. The Bertz CT molecular complexity index is 997. The van der Waals surface area contributed by atoms with Gasteiger partial charge in [-0.05, 0) is 70.2 Å². The monoisotopic (exact) mass is 475 g/mol. The number of carbonyl (C=O) groups is 1. The van der Waals surface area contributed by atoms with Crippen molar-refractivity contribution in [2.45, 2.75) is 45.1 Å². The highest BCUT2D eigenvalue weighted by atomic mass is 35.5. The van der Waals surface area contributed by atoms with E-state index in [-0.39, 0.29) is 23.2 Å². The minimum Gasteiger partial charge on any atom is -0.376 e. The molecule has 33 heavy (non-hydrogen) atoms. The lowest BCUT2D eigenvalue weighted by molar-refractivity contribution is -0.120. The van der Waals surface area contributed by atoms with Crippen molar-refractivity contribution in [3.8, 4) is 11.3 Å². The minimum atomic E-state index is -0.423. The van der Waals surface area contributed by atoms with E-state index in [2.05, 4.69) is 39.8 Å². The number of amides is 1. The van der Waals surface area contributed by atoms with Crippen LogP contribution in [-0.2, 0) is 9.53 Å². The standard InChI is InChI=1S/C24H31ClFN5O2/c1-24(2)11-15(7-9-33-24)12-29-22-19(26)5-6-20(30-22)17-10-21(28-14-18(17)25)31-23(32)16-4-3-8-27-13-16/h5-6,10,14-16,27H,3-4,7-9,11-13H2,1-2H3,(H,29,30)(H,28,31,32)/t15-,16+/m0/s1. The summed E-state index contributed by atoms with van der Waals surface area (Å²) in [5.41, 5.74) is 0.921. The number of aromatic nitrogens is 2. The molecular formula is C24H31ClFN5O2. The van der Waals surface area contributed by atoms with Gasteiger partial charge in [0.2, 0.25) is 5.91 Å². The summed E-state index contributed by atoms with van der Waals surface area (Å²) in [6.07, 6.45) is 5.12. The molecule has 0 bridgehead atoms. The number of halogens is 2. The third-order valence-electron chi connectivity index (χ3n) is 6.25. The molecule has 2 aromatic heterocycles. The lowest BCUT2D eigenvalue weighted by Gasteiger charge is -2.35. The topological polar surface area (TPSA) is 88.2 Å². The Morgan fingerprint density at radius 3 is 2.97 bits per heavy atom. The molecule has 0 aromatic carbocycles. The van der Waals surface area contributed by atoms with Crippen molar-refractivity contribution >= 4 is 29.1 Å². The van der Waals surface area contributed by atoms with E-state index in [9.17, 15) is 9.18 Å². The average Bonchev–Trinajstić information content (AvgIpc) is 2.80. The van der Waals surface area contributed by atoms with Gasteiger partial charge in [-0.1, -0.05) is 11.6 Å². The second-order valence-corrected chi connectivity index (χ2v) is 9.86. The molecule has 9 heteroatoms. The Kier molecular flexibility index (Phi) is 7.46. The number of nitrogens with one attached hydrogen (secondary N) is 3. The molecule has 2 aliphatic rings. The summed E-state index contributed by atoms with van der Waals surface area (Å²) in [5, 5.41) is 9.65. The van der Waals surface area contributed by atoms with E-state index in [1.54, 1.807) is 12.1 Å². The quantitative estimate of drug-likeness (QED) is 0.570. The maximum Gasteiger partial charge on any atom is 0.229 e. The van der Waals surface area contributed by atoms with E-state index in [4.69, 9.17) is 16.3 Å². The van der Waals surface area contributed by atoms with Crippen LogP contribution in [-0.4, -0.2) is 47.7 Å². The maximum absolute atomic E-state index is 14.5. The highest BCUT2D eigenvalue weighted by molar-refractivity contribution is 6.33. The first kappa shape index (κ1) is 23.9. The zero-order chi connectivity index (χ0) is 23.4. The highest BCUT2D eigenvalue weighted by Gasteiger charge is 2.29. The minimum absolute atomic E-state index is 0.0724. The van der Waals surface area contributed by atoms with Gasteiger partial charge in [0.05, 0.1) is 22.2 Å². The van der Waals surface area contributed by atoms with Crippen LogP contribution >= 0.6 is 11.6 Å². The van der Waals surface area contributed by atoms with E-state index in [1.807, 2.05) is 0 Å². The zero-order valence-electron chi connectivity index (χ0n) is 19.1. The van der Waals surface area contributed by atoms with Crippen LogP contribution in [0.15, 0.2) is 24.4 Å². The van der Waals surface area contributed by atoms with Crippen LogP contribution in [0.5, 0.6) is 0 Å². The van der Waals surface area contributed by atoms with Crippen molar-refractivity contribution in [2.75, 3.05) is 36.9 Å². The average molecular weight is 476 g/mol. The van der Waals surface area contributed by atoms with E-state index in [1.165, 1.54) is 12.3 Å². The fourth-order valence-electron chi connectivity index (χ4n) is 4.50. The molecule has 2 atom stereocenters. The fraction of sp³-hybridized carbons (Fsp3) is 0.542. The molecule has 4 heterocycles. The van der Waals surface area contributed by atoms with E-state index in [0.29, 0.717) is 47.7 Å². The third kappa shape index (κ3) is 6.19. The number of hydrogen-bond donors (Lipinski definition) is 3. The summed E-state index contributed by atoms with van der Waals surface area (Å²) in [6, 6.07) is 4.64. The molecule has 2 aromatic rings. The summed E-state index contributed by atoms with van der Waals surface area (Å²) in [4.78, 5) is 21.3. The molecule has 0 aliphatic carbocycles. The SMILES string of the molecule is CC1(C)C[C@@H](CNc2nc(-c3cc(NC(=O)[C@@H]4CCCNC4)ncc3Cl)ccc2F)CCO1. The van der Waals surface area contributed by atoms with Gasteiger partial charge in [0, 0.05) is 31.5 Å². The summed E-state index contributed by atoms with van der Waals surface area (Å²) in [7, 11) is 0. The van der Waals surface area contributed by atoms with Crippen molar-refractivity contribution < 1.29 is 13.9 Å². The van der Waals surface area contributed by atoms with Gasteiger partial charge in [-0.25, -0.2) is 14.4 Å². The molecule has 1 amide bonds. The van der Waals surface area contributed by atoms with Crippen molar-refractivity contribution in [1.82, 2.24) is 15.3 Å². The van der Waals surface area contributed by atoms with Crippen LogP contribution in [0.1, 0.15) is 39.5 Å². The fourth-order valence-corrected chi connectivity index (χ4v) is 4.70. The number of piperidine rings is 1. The van der Waals surface area contributed by atoms with Crippen molar-refractivity contribution in [3.05, 3.63) is 35.2 Å². The Hall–Kier alpha value is -2.29. The molecule has 0 saturated carbocycles. The van der Waals surface area contributed by atoms with Gasteiger partial charge >= 0.3 is 0 Å². The predicted molar refractivity (Wildman–Crippen MR) is 128 cm³/mol. The third-order valence-corrected chi connectivity index (χ3v) is 6.55. The largest absolute Gasteiger partial charge is 0.376 e. The predicted octanol–water partition coefficient (Wildman–Crippen LogP) is 4.49. The van der Waals surface area contributed by atoms with Gasteiger partial charge in [0.1, 0.15) is 5.82 Å². The number of carbonyl (C=O) groups excluding carboxylic acids is 1. The second kappa shape index (κ2) is 10.3. The van der Waals surface area contributed by atoms with E-state index < -0.39 is 5.82 Å². The first-order valence-electron chi connectivity index (χ1n) is 11.5. The molecule has 2 aliphatic heterocycles. The molecule has 2 saturated heterocycles. The second-order valence-electron chi connectivity index (χ2n) is 9.46. The summed E-state index contributed by atoms with van der Waals surface area (Å²) < 4.78 is 20.3. The van der Waals surface area contributed by atoms with Gasteiger partial charge in [0.15, 0.2) is 11.6 Å². The Labute approximate surface area is 198 Å². The van der Waals surface area contributed by atoms with Crippen LogP contribution in [0.3, 0.4) is 0 Å². The molecule has 4 rings (SSSR count). The van der Waals surface area contributed by atoms with Crippen molar-refractivity contribution in [3.63, 3.8) is 0 Å². The molecule has 0 spiro atoms. The first-order valence-corrected chi connectivity index (χ1v) is 11.9. The van der Waals surface area contributed by atoms with E-state index >= 15 is 0 Å². The highest BCUT2D eigenvalue weighted by Crippen LogP contribution is 2.31. The van der Waals surface area contributed by atoms with Gasteiger partial charge < -0.3 is 20.7 Å². The van der Waals surface area contributed by atoms with Crippen molar-refractivity contribution in [1.29, 1.82) is 0 Å². The van der Waals surface area contributed by atoms with Crippen LogP contribution in [0.2, 0.25) is 5.02 Å². The lowest BCUT2D eigenvalue weighted by atomic mass is 9.88. The van der Waals surface area contributed by atoms with Gasteiger partial charge in [-0.3, -0.25) is 4.79 Å². The number of ether oxygens (including phenoxy) is 1. The Balaban J connectivity index is 1.48. The molecule has 2 fully saturated rings. The smallest absolute Gasteiger partial charge is 0.229 e.